The lowest BCUT2D eigenvalue weighted by Crippen LogP contribution is -2.39. The largest absolute Gasteiger partial charge is 0.497 e. The molecule has 3 rings (SSSR count). The van der Waals surface area contributed by atoms with E-state index in [0.29, 0.717) is 24.5 Å². The van der Waals surface area contributed by atoms with Gasteiger partial charge in [0.1, 0.15) is 5.75 Å². The molecule has 0 bridgehead atoms. The zero-order valence-electron chi connectivity index (χ0n) is 14.9. The SMILES string of the molecule is COc1ccc(CNC(=O)N2CC[C@H](S(=O)(=O)c3ccc(Cl)cc3)C2)cc1. The molecule has 0 unspecified atom stereocenters. The van der Waals surface area contributed by atoms with Gasteiger partial charge in [-0.05, 0) is 48.4 Å². The summed E-state index contributed by atoms with van der Waals surface area (Å²) in [5.74, 6) is 0.750. The second kappa shape index (κ2) is 8.19. The topological polar surface area (TPSA) is 75.7 Å². The number of hydrogen-bond acceptors (Lipinski definition) is 4. The zero-order chi connectivity index (χ0) is 19.4. The van der Waals surface area contributed by atoms with Crippen LogP contribution in [0.15, 0.2) is 53.4 Å². The van der Waals surface area contributed by atoms with Gasteiger partial charge in [0.05, 0.1) is 17.3 Å². The van der Waals surface area contributed by atoms with Crippen LogP contribution in [-0.4, -0.2) is 44.8 Å². The van der Waals surface area contributed by atoms with Crippen LogP contribution in [0.4, 0.5) is 4.79 Å². The number of sulfone groups is 1. The van der Waals surface area contributed by atoms with Crippen molar-refractivity contribution in [2.75, 3.05) is 20.2 Å². The van der Waals surface area contributed by atoms with Crippen molar-refractivity contribution in [3.05, 3.63) is 59.1 Å². The number of urea groups is 1. The van der Waals surface area contributed by atoms with Gasteiger partial charge >= 0.3 is 6.03 Å². The number of hydrogen-bond donors (Lipinski definition) is 1. The summed E-state index contributed by atoms with van der Waals surface area (Å²) in [6.45, 7) is 0.958. The molecule has 1 heterocycles. The summed E-state index contributed by atoms with van der Waals surface area (Å²) in [5, 5.41) is 2.71. The molecule has 0 spiro atoms. The lowest BCUT2D eigenvalue weighted by atomic mass is 10.2. The average Bonchev–Trinajstić information content (AvgIpc) is 3.18. The van der Waals surface area contributed by atoms with Gasteiger partial charge in [-0.15, -0.1) is 0 Å². The van der Waals surface area contributed by atoms with E-state index < -0.39 is 15.1 Å². The summed E-state index contributed by atoms with van der Waals surface area (Å²) in [7, 11) is -1.90. The lowest BCUT2D eigenvalue weighted by Gasteiger charge is -2.18. The third kappa shape index (κ3) is 4.54. The molecule has 2 amide bonds. The highest BCUT2D eigenvalue weighted by Crippen LogP contribution is 2.25. The Kier molecular flexibility index (Phi) is 5.92. The third-order valence-corrected chi connectivity index (χ3v) is 7.06. The molecule has 1 saturated heterocycles. The molecular formula is C19H21ClN2O4S. The first-order chi connectivity index (χ1) is 12.9. The molecule has 2 aromatic rings. The maximum absolute atomic E-state index is 12.7. The molecular weight excluding hydrogens is 388 g/mol. The van der Waals surface area contributed by atoms with Crippen LogP contribution in [0, 0.1) is 0 Å². The number of methoxy groups -OCH3 is 1. The van der Waals surface area contributed by atoms with Gasteiger partial charge in [-0.3, -0.25) is 0 Å². The minimum atomic E-state index is -3.49. The fourth-order valence-electron chi connectivity index (χ4n) is 3.02. The minimum absolute atomic E-state index is 0.180. The number of ether oxygens (including phenoxy) is 1. The molecule has 144 valence electrons. The lowest BCUT2D eigenvalue weighted by molar-refractivity contribution is 0.208. The first kappa shape index (κ1) is 19.5. The van der Waals surface area contributed by atoms with Crippen LogP contribution >= 0.6 is 11.6 Å². The molecule has 2 aromatic carbocycles. The second-order valence-electron chi connectivity index (χ2n) is 6.36. The number of benzene rings is 2. The van der Waals surface area contributed by atoms with Crippen molar-refractivity contribution in [3.8, 4) is 5.75 Å². The molecule has 1 aliphatic rings. The van der Waals surface area contributed by atoms with Crippen molar-refractivity contribution in [2.24, 2.45) is 0 Å². The van der Waals surface area contributed by atoms with E-state index in [4.69, 9.17) is 16.3 Å². The van der Waals surface area contributed by atoms with Gasteiger partial charge in [-0.1, -0.05) is 23.7 Å². The van der Waals surface area contributed by atoms with E-state index in [1.807, 2.05) is 24.3 Å². The van der Waals surface area contributed by atoms with Crippen LogP contribution in [-0.2, 0) is 16.4 Å². The Bertz CT molecular complexity index is 898. The first-order valence-electron chi connectivity index (χ1n) is 8.55. The third-order valence-electron chi connectivity index (χ3n) is 4.62. The van der Waals surface area contributed by atoms with Gasteiger partial charge in [0.15, 0.2) is 9.84 Å². The Morgan fingerprint density at radius 1 is 1.19 bits per heavy atom. The fourth-order valence-corrected chi connectivity index (χ4v) is 4.83. The van der Waals surface area contributed by atoms with E-state index in [1.165, 1.54) is 12.1 Å². The van der Waals surface area contributed by atoms with E-state index in [-0.39, 0.29) is 17.5 Å². The molecule has 1 fully saturated rings. The van der Waals surface area contributed by atoms with Gasteiger partial charge in [0, 0.05) is 24.7 Å². The van der Waals surface area contributed by atoms with Gasteiger partial charge < -0.3 is 15.0 Å². The number of nitrogens with zero attached hydrogens (tertiary/aromatic N) is 1. The van der Waals surface area contributed by atoms with Crippen molar-refractivity contribution >= 4 is 27.5 Å². The molecule has 6 nitrogen and oxygen atoms in total. The number of likely N-dealkylation sites (tertiary alicyclic amines) is 1. The normalized spacial score (nSPS) is 17.0. The molecule has 0 aliphatic carbocycles. The Hall–Kier alpha value is -2.25. The maximum atomic E-state index is 12.7. The highest BCUT2D eigenvalue weighted by atomic mass is 35.5. The van der Waals surface area contributed by atoms with E-state index >= 15 is 0 Å². The molecule has 0 saturated carbocycles. The first-order valence-corrected chi connectivity index (χ1v) is 10.5. The predicted octanol–water partition coefficient (Wildman–Crippen LogP) is 3.11. The summed E-state index contributed by atoms with van der Waals surface area (Å²) in [6, 6.07) is 13.3. The standard InChI is InChI=1S/C19H21ClN2O4S/c1-26-16-6-2-14(3-7-16)12-21-19(23)22-11-10-18(13-22)27(24,25)17-8-4-15(20)5-9-17/h2-9,18H,10-13H2,1H3,(H,21,23)/t18-/m0/s1. The van der Waals surface area contributed by atoms with Crippen LogP contribution in [0.25, 0.3) is 0 Å². The van der Waals surface area contributed by atoms with Crippen LogP contribution in [0.3, 0.4) is 0 Å². The van der Waals surface area contributed by atoms with Crippen LogP contribution in [0.2, 0.25) is 5.02 Å². The monoisotopic (exact) mass is 408 g/mol. The zero-order valence-corrected chi connectivity index (χ0v) is 16.5. The number of amides is 2. The highest BCUT2D eigenvalue weighted by Gasteiger charge is 2.36. The van der Waals surface area contributed by atoms with Gasteiger partial charge in [-0.25, -0.2) is 13.2 Å². The van der Waals surface area contributed by atoms with E-state index in [0.717, 1.165) is 11.3 Å². The van der Waals surface area contributed by atoms with E-state index in [9.17, 15) is 13.2 Å². The predicted molar refractivity (Wildman–Crippen MR) is 104 cm³/mol. The van der Waals surface area contributed by atoms with Crippen molar-refractivity contribution in [3.63, 3.8) is 0 Å². The van der Waals surface area contributed by atoms with Crippen molar-refractivity contribution in [1.29, 1.82) is 0 Å². The van der Waals surface area contributed by atoms with Gasteiger partial charge in [-0.2, -0.15) is 0 Å². The van der Waals surface area contributed by atoms with Gasteiger partial charge in [0.25, 0.3) is 0 Å². The number of halogens is 1. The maximum Gasteiger partial charge on any atom is 0.317 e. The summed E-state index contributed by atoms with van der Waals surface area (Å²) in [6.07, 6.45) is 0.418. The van der Waals surface area contributed by atoms with Crippen molar-refractivity contribution in [2.45, 2.75) is 23.1 Å². The number of nitrogens with one attached hydrogen (secondary N) is 1. The Balaban J connectivity index is 1.58. The fraction of sp³-hybridized carbons (Fsp3) is 0.316. The minimum Gasteiger partial charge on any atom is -0.497 e. The molecule has 1 aliphatic heterocycles. The summed E-state index contributed by atoms with van der Waals surface area (Å²) in [5.41, 5.74) is 0.939. The molecule has 1 N–H and O–H groups in total. The number of rotatable bonds is 5. The Labute approximate surface area is 164 Å². The van der Waals surface area contributed by atoms with E-state index in [1.54, 1.807) is 24.1 Å². The molecule has 8 heteroatoms. The number of carbonyl (C=O) groups is 1. The Morgan fingerprint density at radius 2 is 1.85 bits per heavy atom. The van der Waals surface area contributed by atoms with E-state index in [2.05, 4.69) is 5.32 Å². The second-order valence-corrected chi connectivity index (χ2v) is 9.03. The molecule has 0 aromatic heterocycles. The van der Waals surface area contributed by atoms with Crippen LogP contribution in [0.1, 0.15) is 12.0 Å². The summed E-state index contributed by atoms with van der Waals surface area (Å²) < 4.78 is 30.6. The van der Waals surface area contributed by atoms with Crippen LogP contribution in [0.5, 0.6) is 5.75 Å². The van der Waals surface area contributed by atoms with Crippen LogP contribution < -0.4 is 10.1 Å². The Morgan fingerprint density at radius 3 is 2.48 bits per heavy atom. The summed E-state index contributed by atoms with van der Waals surface area (Å²) in [4.78, 5) is 14.2. The number of carbonyl (C=O) groups excluding carboxylic acids is 1. The molecule has 1 atom stereocenters. The molecule has 0 radical (unpaired) electrons. The van der Waals surface area contributed by atoms with Crippen molar-refractivity contribution < 1.29 is 17.9 Å². The van der Waals surface area contributed by atoms with Crippen molar-refractivity contribution in [1.82, 2.24) is 10.2 Å². The molecule has 27 heavy (non-hydrogen) atoms. The highest BCUT2D eigenvalue weighted by molar-refractivity contribution is 7.92. The average molecular weight is 409 g/mol. The quantitative estimate of drug-likeness (QED) is 0.824. The smallest absolute Gasteiger partial charge is 0.317 e. The van der Waals surface area contributed by atoms with Gasteiger partial charge in [0.2, 0.25) is 0 Å². The summed E-state index contributed by atoms with van der Waals surface area (Å²) >= 11 is 5.83.